The number of amides is 1. The number of alkyl halides is 3. The van der Waals surface area contributed by atoms with E-state index < -0.39 is 11.7 Å². The van der Waals surface area contributed by atoms with Crippen LogP contribution in [0.3, 0.4) is 0 Å². The average Bonchev–Trinajstić information content (AvgIpc) is 2.78. The largest absolute Gasteiger partial charge is 0.416 e. The molecule has 1 heterocycles. The second kappa shape index (κ2) is 9.51. The Labute approximate surface area is 193 Å². The molecule has 0 bridgehead atoms. The first-order chi connectivity index (χ1) is 16.0. The minimum absolute atomic E-state index is 0.0236. The molecule has 0 radical (unpaired) electrons. The summed E-state index contributed by atoms with van der Waals surface area (Å²) in [4.78, 5) is 17.1. The lowest BCUT2D eigenvalue weighted by Crippen LogP contribution is -2.21. The van der Waals surface area contributed by atoms with Gasteiger partial charge in [-0.15, -0.1) is 0 Å². The molecule has 172 valence electrons. The SMILES string of the molecule is CC(=O)Nc1ccc(-c2c(C#N)c(N)nc(N(C)Cc3ccc(C(F)(F)F)cc3)c2C#N)cc1. The van der Waals surface area contributed by atoms with Crippen LogP contribution in [0.5, 0.6) is 0 Å². The van der Waals surface area contributed by atoms with Crippen molar-refractivity contribution in [2.75, 3.05) is 23.0 Å². The molecule has 0 atom stereocenters. The van der Waals surface area contributed by atoms with Crippen LogP contribution in [0.4, 0.5) is 30.5 Å². The maximum atomic E-state index is 12.8. The molecule has 2 aromatic carbocycles. The molecule has 10 heteroatoms. The quantitative estimate of drug-likeness (QED) is 0.566. The summed E-state index contributed by atoms with van der Waals surface area (Å²) < 4.78 is 38.5. The number of nitrogen functional groups attached to an aromatic ring is 1. The zero-order valence-electron chi connectivity index (χ0n) is 18.2. The van der Waals surface area contributed by atoms with E-state index in [-0.39, 0.29) is 40.8 Å². The van der Waals surface area contributed by atoms with Gasteiger partial charge in [0.25, 0.3) is 0 Å². The molecule has 0 aliphatic rings. The molecule has 1 aromatic heterocycles. The highest BCUT2D eigenvalue weighted by atomic mass is 19.4. The molecule has 1 amide bonds. The highest BCUT2D eigenvalue weighted by Gasteiger charge is 2.30. The summed E-state index contributed by atoms with van der Waals surface area (Å²) in [7, 11) is 1.62. The second-order valence-corrected chi connectivity index (χ2v) is 7.48. The van der Waals surface area contributed by atoms with Crippen LogP contribution < -0.4 is 16.0 Å². The zero-order valence-corrected chi connectivity index (χ0v) is 18.2. The number of nitrogens with one attached hydrogen (secondary N) is 1. The van der Waals surface area contributed by atoms with Crippen molar-refractivity contribution in [2.24, 2.45) is 0 Å². The number of carbonyl (C=O) groups is 1. The summed E-state index contributed by atoms with van der Waals surface area (Å²) in [5.74, 6) is -0.153. The maximum absolute atomic E-state index is 12.8. The lowest BCUT2D eigenvalue weighted by molar-refractivity contribution is -0.137. The van der Waals surface area contributed by atoms with E-state index in [1.807, 2.05) is 6.07 Å². The number of pyridine rings is 1. The molecule has 3 rings (SSSR count). The molecule has 3 N–H and O–H groups in total. The number of rotatable bonds is 5. The van der Waals surface area contributed by atoms with Gasteiger partial charge in [0.2, 0.25) is 5.91 Å². The third kappa shape index (κ3) is 5.08. The number of carbonyl (C=O) groups excluding carboxylic acids is 1. The number of nitriles is 2. The summed E-state index contributed by atoms with van der Waals surface area (Å²) in [6.07, 6.45) is -4.44. The molecule has 0 saturated carbocycles. The Morgan fingerprint density at radius 2 is 1.65 bits per heavy atom. The summed E-state index contributed by atoms with van der Waals surface area (Å²) >= 11 is 0. The fraction of sp³-hybridized carbons (Fsp3) is 0.167. The average molecular weight is 464 g/mol. The van der Waals surface area contributed by atoms with E-state index >= 15 is 0 Å². The molecule has 0 saturated heterocycles. The van der Waals surface area contributed by atoms with Crippen molar-refractivity contribution in [3.8, 4) is 23.3 Å². The maximum Gasteiger partial charge on any atom is 0.416 e. The van der Waals surface area contributed by atoms with Gasteiger partial charge in [0.1, 0.15) is 34.9 Å². The Bertz CT molecular complexity index is 1300. The van der Waals surface area contributed by atoms with Crippen molar-refractivity contribution < 1.29 is 18.0 Å². The van der Waals surface area contributed by atoms with Crippen LogP contribution in [0.25, 0.3) is 11.1 Å². The van der Waals surface area contributed by atoms with Crippen molar-refractivity contribution in [2.45, 2.75) is 19.6 Å². The Morgan fingerprint density at radius 1 is 1.06 bits per heavy atom. The Morgan fingerprint density at radius 3 is 2.15 bits per heavy atom. The van der Waals surface area contributed by atoms with E-state index in [9.17, 15) is 28.5 Å². The summed E-state index contributed by atoms with van der Waals surface area (Å²) in [5.41, 5.74) is 7.28. The molecule has 7 nitrogen and oxygen atoms in total. The molecular weight excluding hydrogens is 445 g/mol. The van der Waals surface area contributed by atoms with Gasteiger partial charge < -0.3 is 16.0 Å². The number of anilines is 3. The van der Waals surface area contributed by atoms with Gasteiger partial charge in [-0.05, 0) is 35.4 Å². The van der Waals surface area contributed by atoms with Crippen LogP contribution in [-0.2, 0) is 17.5 Å². The van der Waals surface area contributed by atoms with Gasteiger partial charge >= 0.3 is 6.18 Å². The lowest BCUT2D eigenvalue weighted by atomic mass is 9.95. The van der Waals surface area contributed by atoms with E-state index in [1.165, 1.54) is 19.1 Å². The number of hydrogen-bond acceptors (Lipinski definition) is 6. The summed E-state index contributed by atoms with van der Waals surface area (Å²) in [6, 6.07) is 15.3. The molecule has 0 aliphatic carbocycles. The Balaban J connectivity index is 2.04. The van der Waals surface area contributed by atoms with Crippen molar-refractivity contribution in [3.63, 3.8) is 0 Å². The number of hydrogen-bond donors (Lipinski definition) is 2. The van der Waals surface area contributed by atoms with Gasteiger partial charge in [0.05, 0.1) is 5.56 Å². The van der Waals surface area contributed by atoms with Gasteiger partial charge in [-0.1, -0.05) is 24.3 Å². The number of benzene rings is 2. The van der Waals surface area contributed by atoms with E-state index in [1.54, 1.807) is 36.2 Å². The van der Waals surface area contributed by atoms with E-state index in [0.717, 1.165) is 12.1 Å². The van der Waals surface area contributed by atoms with Gasteiger partial charge in [-0.3, -0.25) is 4.79 Å². The van der Waals surface area contributed by atoms with Crippen LogP contribution in [-0.4, -0.2) is 17.9 Å². The molecule has 3 aromatic rings. The first-order valence-electron chi connectivity index (χ1n) is 9.94. The Hall–Kier alpha value is -4.57. The lowest BCUT2D eigenvalue weighted by Gasteiger charge is -2.22. The normalized spacial score (nSPS) is 10.8. The Kier molecular flexibility index (Phi) is 6.73. The smallest absolute Gasteiger partial charge is 0.383 e. The van der Waals surface area contributed by atoms with E-state index in [4.69, 9.17) is 5.73 Å². The predicted molar refractivity (Wildman–Crippen MR) is 121 cm³/mol. The first-order valence-corrected chi connectivity index (χ1v) is 9.94. The van der Waals surface area contributed by atoms with Gasteiger partial charge in [0, 0.05) is 31.8 Å². The second-order valence-electron chi connectivity index (χ2n) is 7.48. The molecular formula is C24H19F3N6O. The molecule has 0 unspecified atom stereocenters. The topological polar surface area (TPSA) is 119 Å². The van der Waals surface area contributed by atoms with Crippen LogP contribution in [0.1, 0.15) is 29.2 Å². The van der Waals surface area contributed by atoms with Gasteiger partial charge in [-0.2, -0.15) is 23.7 Å². The van der Waals surface area contributed by atoms with Crippen LogP contribution >= 0.6 is 0 Å². The third-order valence-electron chi connectivity index (χ3n) is 4.99. The number of halogens is 3. The molecule has 0 aliphatic heterocycles. The molecule has 0 fully saturated rings. The number of aromatic nitrogens is 1. The minimum Gasteiger partial charge on any atom is -0.383 e. The highest BCUT2D eigenvalue weighted by Crippen LogP contribution is 2.36. The minimum atomic E-state index is -4.44. The number of nitrogens with zero attached hydrogens (tertiary/aromatic N) is 4. The van der Waals surface area contributed by atoms with Gasteiger partial charge in [-0.25, -0.2) is 4.98 Å². The third-order valence-corrected chi connectivity index (χ3v) is 4.99. The van der Waals surface area contributed by atoms with E-state index in [0.29, 0.717) is 16.8 Å². The number of nitrogens with two attached hydrogens (primary N) is 1. The monoisotopic (exact) mass is 464 g/mol. The van der Waals surface area contributed by atoms with Crippen LogP contribution in [0.15, 0.2) is 48.5 Å². The van der Waals surface area contributed by atoms with Crippen molar-refractivity contribution in [3.05, 3.63) is 70.8 Å². The van der Waals surface area contributed by atoms with Crippen molar-refractivity contribution in [1.29, 1.82) is 10.5 Å². The fourth-order valence-corrected chi connectivity index (χ4v) is 3.45. The van der Waals surface area contributed by atoms with Crippen molar-refractivity contribution in [1.82, 2.24) is 4.98 Å². The first kappa shape index (κ1) is 24.1. The van der Waals surface area contributed by atoms with Crippen molar-refractivity contribution >= 4 is 23.2 Å². The van der Waals surface area contributed by atoms with Crippen LogP contribution in [0, 0.1) is 22.7 Å². The summed E-state index contributed by atoms with van der Waals surface area (Å²) in [5, 5.41) is 22.2. The van der Waals surface area contributed by atoms with Gasteiger partial charge in [0.15, 0.2) is 0 Å². The summed E-state index contributed by atoms with van der Waals surface area (Å²) in [6.45, 7) is 1.52. The van der Waals surface area contributed by atoms with Crippen LogP contribution in [0.2, 0.25) is 0 Å². The van der Waals surface area contributed by atoms with E-state index in [2.05, 4.69) is 16.4 Å². The highest BCUT2D eigenvalue weighted by molar-refractivity contribution is 5.90. The molecule has 0 spiro atoms. The predicted octanol–water partition coefficient (Wildman–Crippen LogP) is 4.69. The fourth-order valence-electron chi connectivity index (χ4n) is 3.45. The zero-order chi connectivity index (χ0) is 25.0. The standard InChI is InChI=1S/C24H19F3N6O/c1-14(34)31-18-9-5-16(6-10-18)21-19(11-28)22(30)32-23(20(21)12-29)33(2)13-15-3-7-17(8-4-15)24(25,26)27/h3-10H,13H2,1-2H3,(H2,30,32)(H,31,34). The molecule has 34 heavy (non-hydrogen) atoms.